The average molecular weight is 251 g/mol. The molecule has 0 N–H and O–H groups in total. The van der Waals surface area contributed by atoms with Crippen molar-refractivity contribution >= 4 is 15.9 Å². The topological polar surface area (TPSA) is 17.8 Å². The van der Waals surface area contributed by atoms with Gasteiger partial charge in [0.25, 0.3) is 0 Å². The molecule has 3 heteroatoms. The van der Waals surface area contributed by atoms with Crippen molar-refractivity contribution in [1.29, 1.82) is 0 Å². The normalized spacial score (nSPS) is 12.7. The van der Waals surface area contributed by atoms with Crippen molar-refractivity contribution in [3.8, 4) is 0 Å². The molecule has 2 rings (SSSR count). The third-order valence-electron chi connectivity index (χ3n) is 2.25. The minimum atomic E-state index is 0.280. The largest absolute Gasteiger partial charge is 0.264 e. The Labute approximate surface area is 91.7 Å². The molecule has 0 saturated heterocycles. The van der Waals surface area contributed by atoms with Gasteiger partial charge in [0.05, 0.1) is 16.7 Å². The van der Waals surface area contributed by atoms with Gasteiger partial charge in [-0.1, -0.05) is 30.3 Å². The molecule has 2 aromatic rings. The van der Waals surface area contributed by atoms with Gasteiger partial charge in [-0.2, -0.15) is 5.10 Å². The molecule has 0 bridgehead atoms. The summed E-state index contributed by atoms with van der Waals surface area (Å²) in [4.78, 5) is 0. The van der Waals surface area contributed by atoms with Crippen LogP contribution in [-0.2, 0) is 0 Å². The highest BCUT2D eigenvalue weighted by molar-refractivity contribution is 9.10. The lowest BCUT2D eigenvalue weighted by molar-refractivity contribution is 0.564. The molecule has 1 heterocycles. The Bertz CT molecular complexity index is 408. The van der Waals surface area contributed by atoms with E-state index in [4.69, 9.17) is 0 Å². The fourth-order valence-electron chi connectivity index (χ4n) is 1.41. The van der Waals surface area contributed by atoms with E-state index in [2.05, 4.69) is 40.1 Å². The number of hydrogen-bond acceptors (Lipinski definition) is 1. The predicted molar refractivity (Wildman–Crippen MR) is 60.2 cm³/mol. The maximum atomic E-state index is 4.26. The van der Waals surface area contributed by atoms with Gasteiger partial charge < -0.3 is 0 Å². The van der Waals surface area contributed by atoms with Gasteiger partial charge in [0, 0.05) is 6.20 Å². The van der Waals surface area contributed by atoms with E-state index in [1.807, 2.05) is 29.1 Å². The second-order valence-corrected chi connectivity index (χ2v) is 4.14. The first-order valence-electron chi connectivity index (χ1n) is 4.52. The van der Waals surface area contributed by atoms with Crippen molar-refractivity contribution in [2.45, 2.75) is 13.0 Å². The van der Waals surface area contributed by atoms with E-state index in [0.717, 1.165) is 4.47 Å². The Kier molecular flexibility index (Phi) is 2.68. The zero-order valence-corrected chi connectivity index (χ0v) is 9.48. The average Bonchev–Trinajstić information content (AvgIpc) is 2.65. The minimum absolute atomic E-state index is 0.280. The maximum absolute atomic E-state index is 4.26. The number of hydrogen-bond donors (Lipinski definition) is 0. The van der Waals surface area contributed by atoms with E-state index in [1.54, 1.807) is 6.20 Å². The first-order valence-corrected chi connectivity index (χ1v) is 5.31. The summed E-state index contributed by atoms with van der Waals surface area (Å²) >= 11 is 3.39. The molecule has 1 aromatic carbocycles. The molecule has 0 amide bonds. The van der Waals surface area contributed by atoms with E-state index in [-0.39, 0.29) is 6.04 Å². The lowest BCUT2D eigenvalue weighted by Crippen LogP contribution is -2.06. The third-order valence-corrected chi connectivity index (χ3v) is 2.66. The van der Waals surface area contributed by atoms with Crippen LogP contribution in [0.3, 0.4) is 0 Å². The zero-order valence-electron chi connectivity index (χ0n) is 7.89. The Balaban J connectivity index is 2.29. The van der Waals surface area contributed by atoms with Crippen LogP contribution < -0.4 is 0 Å². The van der Waals surface area contributed by atoms with Crippen molar-refractivity contribution < 1.29 is 0 Å². The molecular weight excluding hydrogens is 240 g/mol. The van der Waals surface area contributed by atoms with E-state index in [1.165, 1.54) is 5.56 Å². The van der Waals surface area contributed by atoms with Crippen LogP contribution in [0.25, 0.3) is 0 Å². The molecule has 72 valence electrons. The number of aromatic nitrogens is 2. The second kappa shape index (κ2) is 3.96. The molecule has 0 aliphatic heterocycles. The maximum Gasteiger partial charge on any atom is 0.0740 e. The molecule has 1 unspecified atom stereocenters. The molecule has 0 aliphatic rings. The van der Waals surface area contributed by atoms with E-state index in [9.17, 15) is 0 Å². The van der Waals surface area contributed by atoms with Crippen molar-refractivity contribution in [3.05, 3.63) is 52.8 Å². The van der Waals surface area contributed by atoms with Crippen molar-refractivity contribution in [2.24, 2.45) is 0 Å². The quantitative estimate of drug-likeness (QED) is 0.801. The number of nitrogens with zero attached hydrogens (tertiary/aromatic N) is 2. The summed E-state index contributed by atoms with van der Waals surface area (Å²) in [7, 11) is 0. The zero-order chi connectivity index (χ0) is 9.97. The summed E-state index contributed by atoms with van der Waals surface area (Å²) in [6, 6.07) is 10.6. The van der Waals surface area contributed by atoms with Crippen LogP contribution in [0.15, 0.2) is 47.2 Å². The molecule has 0 fully saturated rings. The molecule has 0 aliphatic carbocycles. The van der Waals surface area contributed by atoms with Gasteiger partial charge in [-0.15, -0.1) is 0 Å². The van der Waals surface area contributed by atoms with Crippen LogP contribution >= 0.6 is 15.9 Å². The van der Waals surface area contributed by atoms with Gasteiger partial charge >= 0.3 is 0 Å². The van der Waals surface area contributed by atoms with E-state index in [0.29, 0.717) is 0 Å². The van der Waals surface area contributed by atoms with E-state index >= 15 is 0 Å². The minimum Gasteiger partial charge on any atom is -0.264 e. The first-order chi connectivity index (χ1) is 6.77. The molecule has 0 spiro atoms. The van der Waals surface area contributed by atoms with Crippen LogP contribution in [-0.4, -0.2) is 9.78 Å². The van der Waals surface area contributed by atoms with Crippen molar-refractivity contribution in [2.75, 3.05) is 0 Å². The molecule has 1 atom stereocenters. The van der Waals surface area contributed by atoms with Crippen LogP contribution in [0.4, 0.5) is 0 Å². The highest BCUT2D eigenvalue weighted by Crippen LogP contribution is 2.18. The molecule has 2 nitrogen and oxygen atoms in total. The SMILES string of the molecule is CC(c1ccccc1)n1cc(Br)cn1. The van der Waals surface area contributed by atoms with Gasteiger partial charge in [-0.05, 0) is 28.4 Å². The summed E-state index contributed by atoms with van der Waals surface area (Å²) in [5.41, 5.74) is 1.27. The number of benzene rings is 1. The Morgan fingerprint density at radius 3 is 2.57 bits per heavy atom. The van der Waals surface area contributed by atoms with Gasteiger partial charge in [-0.3, -0.25) is 4.68 Å². The Morgan fingerprint density at radius 2 is 2.00 bits per heavy atom. The summed E-state index contributed by atoms with van der Waals surface area (Å²) < 4.78 is 2.96. The van der Waals surface area contributed by atoms with Crippen molar-refractivity contribution in [1.82, 2.24) is 9.78 Å². The lowest BCUT2D eigenvalue weighted by Gasteiger charge is -2.11. The lowest BCUT2D eigenvalue weighted by atomic mass is 10.1. The third kappa shape index (κ3) is 1.87. The molecule has 0 radical (unpaired) electrons. The fourth-order valence-corrected chi connectivity index (χ4v) is 1.71. The van der Waals surface area contributed by atoms with Crippen LogP contribution in [0.5, 0.6) is 0 Å². The summed E-state index contributed by atoms with van der Waals surface area (Å²) in [5, 5.41) is 4.26. The van der Waals surface area contributed by atoms with Crippen LogP contribution in [0, 0.1) is 0 Å². The second-order valence-electron chi connectivity index (χ2n) is 3.23. The van der Waals surface area contributed by atoms with Gasteiger partial charge in [-0.25, -0.2) is 0 Å². The van der Waals surface area contributed by atoms with Gasteiger partial charge in [0.1, 0.15) is 0 Å². The monoisotopic (exact) mass is 250 g/mol. The summed E-state index contributed by atoms with van der Waals surface area (Å²) in [6.45, 7) is 2.13. The Morgan fingerprint density at radius 1 is 1.29 bits per heavy atom. The molecule has 1 aromatic heterocycles. The van der Waals surface area contributed by atoms with Gasteiger partial charge in [0.2, 0.25) is 0 Å². The van der Waals surface area contributed by atoms with E-state index < -0.39 is 0 Å². The Hall–Kier alpha value is -1.09. The molecule has 14 heavy (non-hydrogen) atoms. The van der Waals surface area contributed by atoms with Crippen molar-refractivity contribution in [3.63, 3.8) is 0 Å². The summed E-state index contributed by atoms with van der Waals surface area (Å²) in [6.07, 6.45) is 3.79. The highest BCUT2D eigenvalue weighted by Gasteiger charge is 2.07. The van der Waals surface area contributed by atoms with Crippen LogP contribution in [0.2, 0.25) is 0 Å². The van der Waals surface area contributed by atoms with Gasteiger partial charge in [0.15, 0.2) is 0 Å². The number of halogens is 1. The summed E-state index contributed by atoms with van der Waals surface area (Å²) in [5.74, 6) is 0. The first kappa shape index (κ1) is 9.46. The molecular formula is C11H11BrN2. The molecule has 0 saturated carbocycles. The number of rotatable bonds is 2. The highest BCUT2D eigenvalue weighted by atomic mass is 79.9. The smallest absolute Gasteiger partial charge is 0.0740 e. The fraction of sp³-hybridized carbons (Fsp3) is 0.182. The predicted octanol–water partition coefficient (Wildman–Crippen LogP) is 3.25. The standard InChI is InChI=1S/C11H11BrN2/c1-9(10-5-3-2-4-6-10)14-8-11(12)7-13-14/h2-9H,1H3. The van der Waals surface area contributed by atoms with Crippen LogP contribution in [0.1, 0.15) is 18.5 Å².